The molecule has 5 nitrogen and oxygen atoms in total. The van der Waals surface area contributed by atoms with Gasteiger partial charge in [-0.3, -0.25) is 4.79 Å². The topological polar surface area (TPSA) is 64.2 Å². The Balaban J connectivity index is 0.00000405. The number of aromatic nitrogens is 2. The molecule has 8 heteroatoms. The summed E-state index contributed by atoms with van der Waals surface area (Å²) < 4.78 is 28.0. The van der Waals surface area contributed by atoms with E-state index in [2.05, 4.69) is 84.3 Å². The van der Waals surface area contributed by atoms with Crippen molar-refractivity contribution >= 4 is 18.3 Å². The molecule has 1 saturated heterocycles. The van der Waals surface area contributed by atoms with Crippen LogP contribution in [-0.4, -0.2) is 39.5 Å². The predicted molar refractivity (Wildman–Crippen MR) is 165 cm³/mol. The predicted octanol–water partition coefficient (Wildman–Crippen LogP) is 6.88. The van der Waals surface area contributed by atoms with E-state index in [1.807, 2.05) is 24.5 Å². The molecule has 2 heterocycles. The van der Waals surface area contributed by atoms with Crippen LogP contribution >= 0.6 is 12.4 Å². The van der Waals surface area contributed by atoms with Crippen molar-refractivity contribution in [2.75, 3.05) is 13.1 Å². The minimum atomic E-state index is -1.62. The Bertz CT molecular complexity index is 1380. The van der Waals surface area contributed by atoms with Crippen molar-refractivity contribution in [1.82, 2.24) is 14.5 Å². The maximum Gasteiger partial charge on any atom is 0.269 e. The van der Waals surface area contributed by atoms with Crippen LogP contribution in [0.1, 0.15) is 53.8 Å². The molecule has 4 aromatic rings. The fourth-order valence-corrected chi connectivity index (χ4v) is 6.02. The van der Waals surface area contributed by atoms with Crippen LogP contribution in [0, 0.1) is 6.92 Å². The van der Waals surface area contributed by atoms with E-state index in [4.69, 9.17) is 10.7 Å². The summed E-state index contributed by atoms with van der Waals surface area (Å²) in [4.78, 5) is 19.3. The van der Waals surface area contributed by atoms with E-state index in [1.54, 1.807) is 4.90 Å². The van der Waals surface area contributed by atoms with Crippen molar-refractivity contribution in [2.45, 2.75) is 50.6 Å². The van der Waals surface area contributed by atoms with Gasteiger partial charge in [-0.15, -0.1) is 12.4 Å². The number of piperidine rings is 1. The summed E-state index contributed by atoms with van der Waals surface area (Å²) in [6.07, 6.45) is 2.60. The van der Waals surface area contributed by atoms with Crippen molar-refractivity contribution in [2.24, 2.45) is 5.73 Å². The Morgan fingerprint density at radius 3 is 1.81 bits per heavy atom. The number of benzene rings is 3. The molecule has 5 rings (SSSR count). The van der Waals surface area contributed by atoms with Gasteiger partial charge in [0.25, 0.3) is 6.08 Å². The number of amides is 1. The van der Waals surface area contributed by atoms with E-state index < -0.39 is 17.7 Å². The molecule has 1 fully saturated rings. The standard InChI is InChI=1S/C34H36F2N4O.ClH/c1-25-31(19-11-18-30(37)33(41)39-22-20-26(21-23-39)32(35)36)38-24-40(25)34(27-12-5-2-6-13-27,28-14-7-3-8-15-28)29-16-9-4-10-17-29;/h2-10,12-17,24,30H,11,18-23,37H2,1H3;1H/t30-;/m0./s1. The highest BCUT2D eigenvalue weighted by Gasteiger charge is 2.39. The van der Waals surface area contributed by atoms with Crippen LogP contribution in [0.25, 0.3) is 0 Å². The van der Waals surface area contributed by atoms with E-state index in [0.29, 0.717) is 32.4 Å². The van der Waals surface area contributed by atoms with E-state index in [1.165, 1.54) is 0 Å². The Kier molecular flexibility index (Phi) is 10.3. The van der Waals surface area contributed by atoms with Crippen LogP contribution in [0.2, 0.25) is 0 Å². The van der Waals surface area contributed by atoms with Gasteiger partial charge in [-0.1, -0.05) is 91.0 Å². The van der Waals surface area contributed by atoms with Gasteiger partial charge in [0.1, 0.15) is 5.54 Å². The highest BCUT2D eigenvalue weighted by atomic mass is 35.5. The van der Waals surface area contributed by atoms with Crippen molar-refractivity contribution in [3.8, 4) is 0 Å². The second-order valence-electron chi connectivity index (χ2n) is 10.6. The third-order valence-corrected chi connectivity index (χ3v) is 8.24. The summed E-state index contributed by atoms with van der Waals surface area (Å²) in [5.74, 6) is -0.165. The van der Waals surface area contributed by atoms with Crippen LogP contribution in [-0.2, 0) is 16.8 Å². The monoisotopic (exact) mass is 590 g/mol. The number of imidazole rings is 1. The van der Waals surface area contributed by atoms with Gasteiger partial charge >= 0.3 is 0 Å². The number of hydrogen-bond donors (Lipinski definition) is 1. The molecule has 2 N–H and O–H groups in total. The highest BCUT2D eigenvalue weighted by Crippen LogP contribution is 2.42. The number of carbonyl (C=O) groups excluding carboxylic acids is 1. The van der Waals surface area contributed by atoms with Gasteiger partial charge in [-0.25, -0.2) is 4.98 Å². The third-order valence-electron chi connectivity index (χ3n) is 8.24. The summed E-state index contributed by atoms with van der Waals surface area (Å²) in [5.41, 5.74) is 11.2. The summed E-state index contributed by atoms with van der Waals surface area (Å²) in [5, 5.41) is 0. The SMILES string of the molecule is Cc1c(CCC[C@H](N)C(=O)N2CCC(=C(F)F)CC2)ncn1C(c1ccccc1)(c1ccccc1)c1ccccc1.Cl. The molecule has 1 aliphatic heterocycles. The average Bonchev–Trinajstić information content (AvgIpc) is 3.38. The number of nitrogens with zero attached hydrogens (tertiary/aromatic N) is 3. The zero-order valence-electron chi connectivity index (χ0n) is 23.8. The Hall–Kier alpha value is -3.81. The molecule has 1 aromatic heterocycles. The normalized spacial score (nSPS) is 14.3. The Morgan fingerprint density at radius 1 is 0.881 bits per heavy atom. The lowest BCUT2D eigenvalue weighted by Crippen LogP contribution is -2.46. The molecule has 0 saturated carbocycles. The van der Waals surface area contributed by atoms with Crippen LogP contribution in [0.5, 0.6) is 0 Å². The fourth-order valence-electron chi connectivity index (χ4n) is 6.02. The van der Waals surface area contributed by atoms with E-state index in [-0.39, 0.29) is 36.7 Å². The maximum absolute atomic E-state index is 12.9. The number of carbonyl (C=O) groups is 1. The van der Waals surface area contributed by atoms with Crippen molar-refractivity contribution in [3.05, 3.63) is 137 Å². The first-order valence-corrected chi connectivity index (χ1v) is 14.2. The smallest absolute Gasteiger partial charge is 0.269 e. The molecule has 1 atom stereocenters. The number of likely N-dealkylation sites (tertiary alicyclic amines) is 1. The number of aryl methyl sites for hydroxylation is 1. The molecule has 3 aromatic carbocycles. The van der Waals surface area contributed by atoms with Crippen LogP contribution in [0.4, 0.5) is 8.78 Å². The lowest BCUT2D eigenvalue weighted by atomic mass is 9.76. The largest absolute Gasteiger partial charge is 0.341 e. The first-order chi connectivity index (χ1) is 19.9. The minimum absolute atomic E-state index is 0. The first kappa shape index (κ1) is 31.1. The molecule has 42 heavy (non-hydrogen) atoms. The van der Waals surface area contributed by atoms with Crippen LogP contribution in [0.3, 0.4) is 0 Å². The van der Waals surface area contributed by atoms with Gasteiger partial charge < -0.3 is 15.2 Å². The Labute approximate surface area is 252 Å². The summed E-state index contributed by atoms with van der Waals surface area (Å²) >= 11 is 0. The van der Waals surface area contributed by atoms with Gasteiger partial charge in [0.05, 0.1) is 18.1 Å². The van der Waals surface area contributed by atoms with Gasteiger partial charge in [-0.2, -0.15) is 8.78 Å². The summed E-state index contributed by atoms with van der Waals surface area (Å²) in [6, 6.07) is 30.8. The zero-order valence-corrected chi connectivity index (χ0v) is 24.6. The van der Waals surface area contributed by atoms with Crippen molar-refractivity contribution in [3.63, 3.8) is 0 Å². The van der Waals surface area contributed by atoms with Gasteiger partial charge in [0, 0.05) is 18.8 Å². The van der Waals surface area contributed by atoms with E-state index in [0.717, 1.165) is 28.1 Å². The second kappa shape index (κ2) is 13.9. The van der Waals surface area contributed by atoms with Gasteiger partial charge in [0.15, 0.2) is 0 Å². The number of hydrogen-bond acceptors (Lipinski definition) is 3. The Morgan fingerprint density at radius 2 is 1.36 bits per heavy atom. The molecule has 0 bridgehead atoms. The molecule has 0 spiro atoms. The molecule has 1 aliphatic rings. The summed E-state index contributed by atoms with van der Waals surface area (Å²) in [6.45, 7) is 2.69. The zero-order chi connectivity index (χ0) is 28.8. The highest BCUT2D eigenvalue weighted by molar-refractivity contribution is 5.85. The second-order valence-corrected chi connectivity index (χ2v) is 10.6. The molecule has 0 aliphatic carbocycles. The van der Waals surface area contributed by atoms with Gasteiger partial charge in [0.2, 0.25) is 5.91 Å². The fraction of sp³-hybridized carbons (Fsp3) is 0.294. The van der Waals surface area contributed by atoms with Crippen molar-refractivity contribution in [1.29, 1.82) is 0 Å². The lowest BCUT2D eigenvalue weighted by Gasteiger charge is -2.38. The van der Waals surface area contributed by atoms with Gasteiger partial charge in [-0.05, 0) is 61.3 Å². The number of rotatable bonds is 9. The summed E-state index contributed by atoms with van der Waals surface area (Å²) in [7, 11) is 0. The molecule has 0 radical (unpaired) electrons. The van der Waals surface area contributed by atoms with Crippen LogP contribution < -0.4 is 5.73 Å². The van der Waals surface area contributed by atoms with E-state index in [9.17, 15) is 13.6 Å². The molecular weight excluding hydrogens is 554 g/mol. The molecule has 0 unspecified atom stereocenters. The molecular formula is C34H37ClF2N4O. The lowest BCUT2D eigenvalue weighted by molar-refractivity contribution is -0.133. The maximum atomic E-state index is 12.9. The molecule has 1 amide bonds. The quantitative estimate of drug-likeness (QED) is 0.216. The minimum Gasteiger partial charge on any atom is -0.341 e. The molecule has 220 valence electrons. The average molecular weight is 591 g/mol. The van der Waals surface area contributed by atoms with E-state index >= 15 is 0 Å². The van der Waals surface area contributed by atoms with Crippen LogP contribution in [0.15, 0.2) is 109 Å². The third kappa shape index (κ3) is 6.18. The number of nitrogens with two attached hydrogens (primary N) is 1. The van der Waals surface area contributed by atoms with Crippen molar-refractivity contribution < 1.29 is 13.6 Å². The number of halogens is 3. The first-order valence-electron chi connectivity index (χ1n) is 14.2.